The number of ether oxygens (including phenoxy) is 2. The molecule has 22 heavy (non-hydrogen) atoms. The first-order valence-electron chi connectivity index (χ1n) is 7.27. The van der Waals surface area contributed by atoms with Gasteiger partial charge in [-0.1, -0.05) is 29.6 Å². The summed E-state index contributed by atoms with van der Waals surface area (Å²) in [7, 11) is 0. The molecular weight excluding hydrogens is 322 g/mol. The molecule has 0 aliphatic carbocycles. The van der Waals surface area contributed by atoms with E-state index < -0.39 is 0 Å². The van der Waals surface area contributed by atoms with Gasteiger partial charge in [0.1, 0.15) is 5.54 Å². The summed E-state index contributed by atoms with van der Waals surface area (Å²) in [6, 6.07) is 5.30. The highest BCUT2D eigenvalue weighted by atomic mass is 35.5. The molecule has 4 nitrogen and oxygen atoms in total. The summed E-state index contributed by atoms with van der Waals surface area (Å²) < 4.78 is 14.0. The Bertz CT molecular complexity index is 553. The van der Waals surface area contributed by atoms with E-state index in [0.29, 0.717) is 30.4 Å². The number of benzene rings is 1. The first kappa shape index (κ1) is 17.6. The average Bonchev–Trinajstić information content (AvgIpc) is 2.38. The average molecular weight is 344 g/mol. The maximum Gasteiger partial charge on any atom is 0.338 e. The Morgan fingerprint density at radius 2 is 2.14 bits per heavy atom. The summed E-state index contributed by atoms with van der Waals surface area (Å²) in [5.74, 6) is -0.355. The molecule has 1 heterocycles. The summed E-state index contributed by atoms with van der Waals surface area (Å²) in [6.45, 7) is 9.68. The van der Waals surface area contributed by atoms with E-state index >= 15 is 0 Å². The van der Waals surface area contributed by atoms with Gasteiger partial charge < -0.3 is 9.47 Å². The van der Waals surface area contributed by atoms with Crippen LogP contribution in [0.2, 0.25) is 5.02 Å². The van der Waals surface area contributed by atoms with Gasteiger partial charge in [0, 0.05) is 9.77 Å². The quantitative estimate of drug-likeness (QED) is 0.651. The predicted molar refractivity (Wildman–Crippen MR) is 90.4 cm³/mol. The SMILES string of the molecule is CCOC(=O)c1ccc(C2(NSC(C)(C)C)COC2)c(Cl)c1. The fraction of sp³-hybridized carbons (Fsp3) is 0.562. The molecule has 1 aliphatic heterocycles. The molecule has 0 bridgehead atoms. The van der Waals surface area contributed by atoms with E-state index in [2.05, 4.69) is 25.5 Å². The third-order valence-electron chi connectivity index (χ3n) is 3.25. The fourth-order valence-corrected chi connectivity index (χ4v) is 3.16. The van der Waals surface area contributed by atoms with Crippen molar-refractivity contribution in [3.63, 3.8) is 0 Å². The zero-order valence-electron chi connectivity index (χ0n) is 13.4. The Labute approximate surface area is 141 Å². The van der Waals surface area contributed by atoms with Gasteiger partial charge in [-0.05, 0) is 45.4 Å². The molecule has 0 saturated carbocycles. The number of hydrogen-bond donors (Lipinski definition) is 1. The van der Waals surface area contributed by atoms with Crippen molar-refractivity contribution in [2.75, 3.05) is 19.8 Å². The molecule has 6 heteroatoms. The molecule has 1 aromatic rings. The number of esters is 1. The molecule has 0 radical (unpaired) electrons. The van der Waals surface area contributed by atoms with Crippen LogP contribution in [0.3, 0.4) is 0 Å². The molecule has 0 atom stereocenters. The monoisotopic (exact) mass is 343 g/mol. The second kappa shape index (κ2) is 6.79. The third-order valence-corrected chi connectivity index (χ3v) is 4.66. The zero-order chi connectivity index (χ0) is 16.4. The van der Waals surface area contributed by atoms with E-state index in [-0.39, 0.29) is 16.3 Å². The van der Waals surface area contributed by atoms with E-state index in [1.54, 1.807) is 31.0 Å². The van der Waals surface area contributed by atoms with E-state index in [1.807, 2.05) is 6.07 Å². The molecule has 122 valence electrons. The Hall–Kier alpha value is -0.750. The highest BCUT2D eigenvalue weighted by Gasteiger charge is 2.42. The van der Waals surface area contributed by atoms with Crippen molar-refractivity contribution < 1.29 is 14.3 Å². The summed E-state index contributed by atoms with van der Waals surface area (Å²) in [4.78, 5) is 11.8. The molecule has 2 rings (SSSR count). The van der Waals surface area contributed by atoms with Crippen molar-refractivity contribution in [2.24, 2.45) is 0 Å². The van der Waals surface area contributed by atoms with Crippen LogP contribution in [0.25, 0.3) is 0 Å². The van der Waals surface area contributed by atoms with Crippen molar-refractivity contribution in [1.29, 1.82) is 0 Å². The van der Waals surface area contributed by atoms with Crippen LogP contribution in [-0.4, -0.2) is 30.5 Å². The number of carbonyl (C=O) groups is 1. The van der Waals surface area contributed by atoms with Gasteiger partial charge in [0.25, 0.3) is 0 Å². The Kier molecular flexibility index (Phi) is 5.43. The standard InChI is InChI=1S/C16H22ClNO3S/c1-5-21-14(19)11-6-7-12(13(17)8-11)16(9-20-10-16)18-22-15(2,3)4/h6-8,18H,5,9-10H2,1-4H3. The van der Waals surface area contributed by atoms with Crippen LogP contribution in [0.1, 0.15) is 43.6 Å². The number of carbonyl (C=O) groups excluding carboxylic acids is 1. The van der Waals surface area contributed by atoms with Gasteiger partial charge in [-0.15, -0.1) is 0 Å². The lowest BCUT2D eigenvalue weighted by Crippen LogP contribution is -2.56. The highest BCUT2D eigenvalue weighted by molar-refractivity contribution is 7.98. The lowest BCUT2D eigenvalue weighted by molar-refractivity contribution is -0.0651. The number of hydrogen-bond acceptors (Lipinski definition) is 5. The fourth-order valence-electron chi connectivity index (χ4n) is 2.07. The second-order valence-corrected chi connectivity index (χ2v) is 8.35. The normalized spacial score (nSPS) is 17.0. The molecule has 0 amide bonds. The summed E-state index contributed by atoms with van der Waals surface area (Å²) >= 11 is 8.07. The minimum atomic E-state index is -0.355. The van der Waals surface area contributed by atoms with Crippen LogP contribution in [0, 0.1) is 0 Å². The van der Waals surface area contributed by atoms with Gasteiger partial charge in [0.15, 0.2) is 0 Å². The highest BCUT2D eigenvalue weighted by Crippen LogP contribution is 2.38. The van der Waals surface area contributed by atoms with Gasteiger partial charge in [0.05, 0.1) is 25.4 Å². The molecule has 0 spiro atoms. The minimum Gasteiger partial charge on any atom is -0.462 e. The lowest BCUT2D eigenvalue weighted by atomic mass is 9.88. The minimum absolute atomic E-state index is 0.0833. The Balaban J connectivity index is 2.21. The number of nitrogens with one attached hydrogen (secondary N) is 1. The lowest BCUT2D eigenvalue weighted by Gasteiger charge is -2.44. The van der Waals surface area contributed by atoms with E-state index in [4.69, 9.17) is 21.1 Å². The van der Waals surface area contributed by atoms with Crippen LogP contribution >= 0.6 is 23.5 Å². The first-order valence-corrected chi connectivity index (χ1v) is 8.47. The smallest absolute Gasteiger partial charge is 0.338 e. The van der Waals surface area contributed by atoms with Gasteiger partial charge in [-0.25, -0.2) is 9.52 Å². The molecular formula is C16H22ClNO3S. The summed E-state index contributed by atoms with van der Waals surface area (Å²) in [5, 5.41) is 0.552. The van der Waals surface area contributed by atoms with Crippen LogP contribution in [0.15, 0.2) is 18.2 Å². The molecule has 1 aromatic carbocycles. The third kappa shape index (κ3) is 3.96. The van der Waals surface area contributed by atoms with Crippen LogP contribution in [0.5, 0.6) is 0 Å². The molecule has 1 aliphatic rings. The van der Waals surface area contributed by atoms with Crippen LogP contribution < -0.4 is 4.72 Å². The van der Waals surface area contributed by atoms with E-state index in [9.17, 15) is 4.79 Å². The topological polar surface area (TPSA) is 47.6 Å². The maximum atomic E-state index is 11.8. The van der Waals surface area contributed by atoms with E-state index in [0.717, 1.165) is 5.56 Å². The van der Waals surface area contributed by atoms with Crippen molar-refractivity contribution in [3.8, 4) is 0 Å². The molecule has 1 fully saturated rings. The second-order valence-electron chi connectivity index (χ2n) is 6.31. The van der Waals surface area contributed by atoms with Crippen molar-refractivity contribution in [2.45, 2.75) is 38.0 Å². The van der Waals surface area contributed by atoms with Gasteiger partial charge >= 0.3 is 5.97 Å². The predicted octanol–water partition coefficient (Wildman–Crippen LogP) is 3.78. The Morgan fingerprint density at radius 1 is 1.45 bits per heavy atom. The number of rotatable bonds is 5. The maximum absolute atomic E-state index is 11.8. The molecule has 1 N–H and O–H groups in total. The largest absolute Gasteiger partial charge is 0.462 e. The number of halogens is 1. The van der Waals surface area contributed by atoms with Crippen molar-refractivity contribution in [1.82, 2.24) is 4.72 Å². The molecule has 0 aromatic heterocycles. The first-order chi connectivity index (χ1) is 10.3. The molecule has 1 saturated heterocycles. The zero-order valence-corrected chi connectivity index (χ0v) is 14.9. The summed E-state index contributed by atoms with van der Waals surface area (Å²) in [5.41, 5.74) is 1.11. The van der Waals surface area contributed by atoms with Crippen LogP contribution in [-0.2, 0) is 15.0 Å². The summed E-state index contributed by atoms with van der Waals surface area (Å²) in [6.07, 6.45) is 0. The van der Waals surface area contributed by atoms with Gasteiger partial charge in [-0.2, -0.15) is 0 Å². The van der Waals surface area contributed by atoms with Gasteiger partial charge in [-0.3, -0.25) is 0 Å². The Morgan fingerprint density at radius 3 is 2.59 bits per heavy atom. The van der Waals surface area contributed by atoms with Crippen molar-refractivity contribution in [3.05, 3.63) is 34.3 Å². The molecule has 0 unspecified atom stereocenters. The van der Waals surface area contributed by atoms with Gasteiger partial charge in [0.2, 0.25) is 0 Å². The van der Waals surface area contributed by atoms with Crippen molar-refractivity contribution >= 4 is 29.5 Å². The van der Waals surface area contributed by atoms with Crippen LogP contribution in [0.4, 0.5) is 0 Å². The van der Waals surface area contributed by atoms with E-state index in [1.165, 1.54) is 0 Å².